The van der Waals surface area contributed by atoms with E-state index in [9.17, 15) is 0 Å². The summed E-state index contributed by atoms with van der Waals surface area (Å²) >= 11 is 9.74. The molecule has 1 unspecified atom stereocenters. The number of nitrogens with one attached hydrogen (secondary N) is 1. The molecule has 106 valence electrons. The Kier molecular flexibility index (Phi) is 5.64. The van der Waals surface area contributed by atoms with Crippen LogP contribution >= 0.6 is 27.5 Å². The third-order valence-corrected chi connectivity index (χ3v) is 4.38. The zero-order valence-electron chi connectivity index (χ0n) is 11.7. The van der Waals surface area contributed by atoms with Gasteiger partial charge < -0.3 is 5.32 Å². The summed E-state index contributed by atoms with van der Waals surface area (Å²) in [6.07, 6.45) is 1.04. The van der Waals surface area contributed by atoms with Crippen molar-refractivity contribution in [2.75, 3.05) is 0 Å². The van der Waals surface area contributed by atoms with Crippen molar-refractivity contribution in [2.24, 2.45) is 0 Å². The fourth-order valence-corrected chi connectivity index (χ4v) is 2.93. The van der Waals surface area contributed by atoms with Crippen LogP contribution in [0.2, 0.25) is 5.02 Å². The van der Waals surface area contributed by atoms with E-state index in [1.165, 1.54) is 5.56 Å². The van der Waals surface area contributed by atoms with Gasteiger partial charge in [-0.05, 0) is 42.7 Å². The summed E-state index contributed by atoms with van der Waals surface area (Å²) in [6, 6.07) is 17.0. The van der Waals surface area contributed by atoms with Gasteiger partial charge in [-0.1, -0.05) is 64.8 Å². The summed E-state index contributed by atoms with van der Waals surface area (Å²) in [6.45, 7) is 4.35. The third kappa shape index (κ3) is 3.85. The van der Waals surface area contributed by atoms with Gasteiger partial charge in [0.1, 0.15) is 0 Å². The summed E-state index contributed by atoms with van der Waals surface area (Å²) in [5.74, 6) is 0. The summed E-state index contributed by atoms with van der Waals surface area (Å²) in [5.41, 5.74) is 2.44. The van der Waals surface area contributed by atoms with Gasteiger partial charge in [0.25, 0.3) is 0 Å². The largest absolute Gasteiger partial charge is 0.303 e. The fourth-order valence-electron chi connectivity index (χ4n) is 2.36. The predicted molar refractivity (Wildman–Crippen MR) is 90.2 cm³/mol. The minimum atomic E-state index is 0.220. The second-order valence-electron chi connectivity index (χ2n) is 4.92. The SMILES string of the molecule is CCC(N[C@H](C)c1ccccc1Cl)c1ccc(Br)cc1. The number of hydrogen-bond donors (Lipinski definition) is 1. The molecule has 2 rings (SSSR count). The topological polar surface area (TPSA) is 12.0 Å². The van der Waals surface area contributed by atoms with E-state index in [0.29, 0.717) is 6.04 Å². The van der Waals surface area contributed by atoms with E-state index in [4.69, 9.17) is 11.6 Å². The van der Waals surface area contributed by atoms with Crippen molar-refractivity contribution in [1.82, 2.24) is 5.32 Å². The zero-order valence-corrected chi connectivity index (χ0v) is 14.1. The number of halogens is 2. The first-order valence-electron chi connectivity index (χ1n) is 6.87. The molecule has 0 amide bonds. The van der Waals surface area contributed by atoms with Crippen LogP contribution in [-0.2, 0) is 0 Å². The van der Waals surface area contributed by atoms with Crippen molar-refractivity contribution in [3.63, 3.8) is 0 Å². The van der Waals surface area contributed by atoms with Crippen LogP contribution in [0.3, 0.4) is 0 Å². The minimum absolute atomic E-state index is 0.220. The van der Waals surface area contributed by atoms with Gasteiger partial charge in [0.15, 0.2) is 0 Å². The van der Waals surface area contributed by atoms with Crippen molar-refractivity contribution >= 4 is 27.5 Å². The molecule has 2 atom stereocenters. The Hall–Kier alpha value is -0.830. The Balaban J connectivity index is 2.14. The van der Waals surface area contributed by atoms with E-state index in [-0.39, 0.29) is 6.04 Å². The van der Waals surface area contributed by atoms with Crippen LogP contribution in [0.25, 0.3) is 0 Å². The first-order valence-corrected chi connectivity index (χ1v) is 8.05. The van der Waals surface area contributed by atoms with Crippen molar-refractivity contribution in [3.05, 3.63) is 69.2 Å². The Bertz CT molecular complexity index is 553. The fraction of sp³-hybridized carbons (Fsp3) is 0.294. The molecule has 0 aliphatic carbocycles. The molecule has 0 aromatic heterocycles. The average Bonchev–Trinajstić information content (AvgIpc) is 2.46. The first kappa shape index (κ1) is 15.6. The smallest absolute Gasteiger partial charge is 0.0453 e. The van der Waals surface area contributed by atoms with Gasteiger partial charge in [-0.3, -0.25) is 0 Å². The molecule has 0 saturated carbocycles. The van der Waals surface area contributed by atoms with Gasteiger partial charge in [0, 0.05) is 21.6 Å². The van der Waals surface area contributed by atoms with E-state index < -0.39 is 0 Å². The summed E-state index contributed by atoms with van der Waals surface area (Å²) in [7, 11) is 0. The molecule has 20 heavy (non-hydrogen) atoms. The first-order chi connectivity index (χ1) is 9.61. The lowest BCUT2D eigenvalue weighted by atomic mass is 10.0. The Labute approximate surface area is 134 Å². The van der Waals surface area contributed by atoms with E-state index >= 15 is 0 Å². The standard InChI is InChI=1S/C17H19BrClN/c1-3-17(13-8-10-14(18)11-9-13)20-12(2)15-6-4-5-7-16(15)19/h4-12,17,20H,3H2,1-2H3/t12-,17?/m1/s1. The second-order valence-corrected chi connectivity index (χ2v) is 6.25. The van der Waals surface area contributed by atoms with Crippen molar-refractivity contribution in [1.29, 1.82) is 0 Å². The maximum absolute atomic E-state index is 6.27. The minimum Gasteiger partial charge on any atom is -0.303 e. The highest BCUT2D eigenvalue weighted by Crippen LogP contribution is 2.27. The van der Waals surface area contributed by atoms with Gasteiger partial charge in [-0.25, -0.2) is 0 Å². The van der Waals surface area contributed by atoms with Crippen LogP contribution < -0.4 is 5.32 Å². The summed E-state index contributed by atoms with van der Waals surface area (Å²) < 4.78 is 1.11. The molecule has 0 fully saturated rings. The Morgan fingerprint density at radius 3 is 2.35 bits per heavy atom. The molecule has 2 aromatic carbocycles. The lowest BCUT2D eigenvalue weighted by Crippen LogP contribution is -2.24. The molecule has 1 N–H and O–H groups in total. The summed E-state index contributed by atoms with van der Waals surface area (Å²) in [4.78, 5) is 0. The van der Waals surface area contributed by atoms with Crippen LogP contribution in [-0.4, -0.2) is 0 Å². The number of rotatable bonds is 5. The van der Waals surface area contributed by atoms with Gasteiger partial charge in [-0.2, -0.15) is 0 Å². The highest BCUT2D eigenvalue weighted by atomic mass is 79.9. The van der Waals surface area contributed by atoms with Crippen LogP contribution in [0.5, 0.6) is 0 Å². The molecular weight excluding hydrogens is 334 g/mol. The molecule has 0 aliphatic rings. The van der Waals surface area contributed by atoms with Crippen molar-refractivity contribution in [3.8, 4) is 0 Å². The highest BCUT2D eigenvalue weighted by Gasteiger charge is 2.15. The molecule has 0 aliphatic heterocycles. The van der Waals surface area contributed by atoms with E-state index in [2.05, 4.69) is 65.4 Å². The van der Waals surface area contributed by atoms with Crippen LogP contribution in [0.1, 0.15) is 43.5 Å². The molecular formula is C17H19BrClN. The van der Waals surface area contributed by atoms with Gasteiger partial charge in [-0.15, -0.1) is 0 Å². The molecule has 0 heterocycles. The molecule has 0 bridgehead atoms. The van der Waals surface area contributed by atoms with Crippen LogP contribution in [0.4, 0.5) is 0 Å². The van der Waals surface area contributed by atoms with Gasteiger partial charge >= 0.3 is 0 Å². The normalized spacial score (nSPS) is 14.0. The Morgan fingerprint density at radius 1 is 1.10 bits per heavy atom. The van der Waals surface area contributed by atoms with E-state index in [0.717, 1.165) is 21.5 Å². The van der Waals surface area contributed by atoms with Crippen LogP contribution in [0.15, 0.2) is 53.0 Å². The monoisotopic (exact) mass is 351 g/mol. The maximum atomic E-state index is 6.27. The lowest BCUT2D eigenvalue weighted by Gasteiger charge is -2.23. The molecule has 0 spiro atoms. The van der Waals surface area contributed by atoms with Gasteiger partial charge in [0.2, 0.25) is 0 Å². The van der Waals surface area contributed by atoms with E-state index in [1.807, 2.05) is 18.2 Å². The molecule has 0 radical (unpaired) electrons. The molecule has 1 nitrogen and oxygen atoms in total. The molecule has 2 aromatic rings. The second kappa shape index (κ2) is 7.26. The zero-order chi connectivity index (χ0) is 14.5. The van der Waals surface area contributed by atoms with Gasteiger partial charge in [0.05, 0.1) is 0 Å². The quantitative estimate of drug-likeness (QED) is 0.706. The Morgan fingerprint density at radius 2 is 1.75 bits per heavy atom. The van der Waals surface area contributed by atoms with Crippen molar-refractivity contribution < 1.29 is 0 Å². The number of hydrogen-bond acceptors (Lipinski definition) is 1. The molecule has 3 heteroatoms. The highest BCUT2D eigenvalue weighted by molar-refractivity contribution is 9.10. The van der Waals surface area contributed by atoms with Crippen molar-refractivity contribution in [2.45, 2.75) is 32.4 Å². The number of benzene rings is 2. The molecule has 0 saturated heterocycles. The lowest BCUT2D eigenvalue weighted by molar-refractivity contribution is 0.456. The maximum Gasteiger partial charge on any atom is 0.0453 e. The summed E-state index contributed by atoms with van der Waals surface area (Å²) in [5, 5.41) is 4.48. The van der Waals surface area contributed by atoms with E-state index in [1.54, 1.807) is 0 Å². The third-order valence-electron chi connectivity index (χ3n) is 3.50. The average molecular weight is 353 g/mol. The predicted octanol–water partition coefficient (Wildman–Crippen LogP) is 5.90. The van der Waals surface area contributed by atoms with Crippen LogP contribution in [0, 0.1) is 0 Å².